The number of fused-ring (bicyclic) bond motifs is 1. The van der Waals surface area contributed by atoms with Gasteiger partial charge in [0.2, 0.25) is 0 Å². The molecule has 4 heteroatoms. The topological polar surface area (TPSA) is 12.0 Å². The molecule has 3 aromatic rings. The number of halogens is 2. The molecule has 0 fully saturated rings. The van der Waals surface area contributed by atoms with Crippen LogP contribution in [-0.2, 0) is 0 Å². The van der Waals surface area contributed by atoms with Crippen molar-refractivity contribution in [1.82, 2.24) is 0 Å². The van der Waals surface area contributed by atoms with Gasteiger partial charge in [-0.15, -0.1) is 11.3 Å². The Labute approximate surface area is 135 Å². The highest BCUT2D eigenvalue weighted by Gasteiger charge is 2.15. The van der Waals surface area contributed by atoms with Gasteiger partial charge in [0, 0.05) is 14.0 Å². The van der Waals surface area contributed by atoms with Gasteiger partial charge in [0.15, 0.2) is 0 Å². The summed E-state index contributed by atoms with van der Waals surface area (Å²) in [5.41, 5.74) is 2.07. The fourth-order valence-corrected chi connectivity index (χ4v) is 4.09. The van der Waals surface area contributed by atoms with Gasteiger partial charge < -0.3 is 5.32 Å². The maximum Gasteiger partial charge on any atom is 0.125 e. The summed E-state index contributed by atoms with van der Waals surface area (Å²) in [6.07, 6.45) is 0. The number of hydrogen-bond donors (Lipinski definition) is 1. The predicted molar refractivity (Wildman–Crippen MR) is 92.7 cm³/mol. The van der Waals surface area contributed by atoms with Crippen LogP contribution in [0.4, 0.5) is 10.1 Å². The second-order valence-electron chi connectivity index (χ2n) is 5.08. The minimum absolute atomic E-state index is 0.125. The van der Waals surface area contributed by atoms with Gasteiger partial charge in [0.05, 0.1) is 11.7 Å². The van der Waals surface area contributed by atoms with Crippen LogP contribution in [0.5, 0.6) is 0 Å². The molecule has 0 radical (unpaired) electrons. The van der Waals surface area contributed by atoms with E-state index in [1.807, 2.05) is 0 Å². The van der Waals surface area contributed by atoms with Gasteiger partial charge >= 0.3 is 0 Å². The first-order valence-electron chi connectivity index (χ1n) is 6.76. The average molecular weight is 364 g/mol. The second-order valence-corrected chi connectivity index (χ2v) is 7.02. The van der Waals surface area contributed by atoms with Crippen molar-refractivity contribution in [3.63, 3.8) is 0 Å². The van der Waals surface area contributed by atoms with E-state index in [4.69, 9.17) is 0 Å². The summed E-state index contributed by atoms with van der Waals surface area (Å²) >= 11 is 5.25. The summed E-state index contributed by atoms with van der Waals surface area (Å²) in [5, 5.41) is 4.69. The van der Waals surface area contributed by atoms with Crippen LogP contribution in [0.1, 0.15) is 23.4 Å². The summed E-state index contributed by atoms with van der Waals surface area (Å²) in [5.74, 6) is -0.235. The Morgan fingerprint density at radius 2 is 1.95 bits per heavy atom. The molecule has 1 aromatic heterocycles. The van der Waals surface area contributed by atoms with Crippen molar-refractivity contribution in [2.45, 2.75) is 19.9 Å². The first kappa shape index (κ1) is 14.5. The molecule has 3 rings (SSSR count). The molecule has 1 heterocycles. The van der Waals surface area contributed by atoms with Gasteiger partial charge in [-0.05, 0) is 65.0 Å². The van der Waals surface area contributed by atoms with Gasteiger partial charge in [-0.3, -0.25) is 0 Å². The largest absolute Gasteiger partial charge is 0.377 e. The average Bonchev–Trinajstić information content (AvgIpc) is 2.81. The molecule has 0 aliphatic heterocycles. The summed E-state index contributed by atoms with van der Waals surface area (Å²) in [6.45, 7) is 4.25. The predicted octanol–water partition coefficient (Wildman–Crippen LogP) is 6.28. The molecular weight excluding hydrogens is 349 g/mol. The molecule has 1 nitrogen and oxygen atoms in total. The highest BCUT2D eigenvalue weighted by molar-refractivity contribution is 9.10. The minimum Gasteiger partial charge on any atom is -0.377 e. The summed E-state index contributed by atoms with van der Waals surface area (Å²) < 4.78 is 15.5. The number of hydrogen-bond acceptors (Lipinski definition) is 2. The van der Waals surface area contributed by atoms with E-state index in [0.717, 1.165) is 10.2 Å². The van der Waals surface area contributed by atoms with Crippen molar-refractivity contribution in [3.8, 4) is 0 Å². The third kappa shape index (κ3) is 2.83. The molecule has 0 amide bonds. The zero-order chi connectivity index (χ0) is 15.0. The number of nitrogens with one attached hydrogen (secondary N) is 1. The fraction of sp³-hybridized carbons (Fsp3) is 0.176. The minimum atomic E-state index is -0.235. The molecule has 1 atom stereocenters. The zero-order valence-electron chi connectivity index (χ0n) is 11.8. The number of anilines is 1. The van der Waals surface area contributed by atoms with Crippen LogP contribution < -0.4 is 5.32 Å². The Hall–Kier alpha value is -1.39. The Balaban J connectivity index is 1.95. The molecule has 108 valence electrons. The fourth-order valence-electron chi connectivity index (χ4n) is 2.51. The van der Waals surface area contributed by atoms with Crippen LogP contribution in [0.25, 0.3) is 10.1 Å². The molecule has 21 heavy (non-hydrogen) atoms. The van der Waals surface area contributed by atoms with Gasteiger partial charge in [0.25, 0.3) is 0 Å². The molecule has 0 saturated heterocycles. The van der Waals surface area contributed by atoms with E-state index < -0.39 is 0 Å². The second kappa shape index (κ2) is 5.78. The molecule has 1 unspecified atom stereocenters. The van der Waals surface area contributed by atoms with E-state index >= 15 is 0 Å². The van der Waals surface area contributed by atoms with Gasteiger partial charge in [0.1, 0.15) is 5.82 Å². The van der Waals surface area contributed by atoms with Crippen LogP contribution in [0, 0.1) is 12.7 Å². The SMILES string of the molecule is Cc1c(C(C)Nc2cc(F)ccc2Br)sc2ccccc12. The van der Waals surface area contributed by atoms with E-state index in [0.29, 0.717) is 0 Å². The molecule has 1 N–H and O–H groups in total. The molecule has 0 aliphatic carbocycles. The normalized spacial score (nSPS) is 12.6. The molecular formula is C17H15BrFNS. The van der Waals surface area contributed by atoms with Crippen LogP contribution in [0.15, 0.2) is 46.9 Å². The third-order valence-electron chi connectivity index (χ3n) is 3.57. The maximum atomic E-state index is 13.4. The van der Waals surface area contributed by atoms with Gasteiger partial charge in [-0.2, -0.15) is 0 Å². The highest BCUT2D eigenvalue weighted by atomic mass is 79.9. The Morgan fingerprint density at radius 3 is 2.71 bits per heavy atom. The van der Waals surface area contributed by atoms with E-state index in [-0.39, 0.29) is 11.9 Å². The molecule has 0 aliphatic rings. The van der Waals surface area contributed by atoms with Crippen molar-refractivity contribution < 1.29 is 4.39 Å². The first-order valence-corrected chi connectivity index (χ1v) is 8.37. The lowest BCUT2D eigenvalue weighted by Gasteiger charge is -2.16. The number of rotatable bonds is 3. The van der Waals surface area contributed by atoms with Crippen molar-refractivity contribution in [1.29, 1.82) is 0 Å². The lowest BCUT2D eigenvalue weighted by Crippen LogP contribution is -2.06. The number of benzene rings is 2. The number of aryl methyl sites for hydroxylation is 1. The van der Waals surface area contributed by atoms with Crippen molar-refractivity contribution in [3.05, 3.63) is 63.2 Å². The quantitative estimate of drug-likeness (QED) is 0.576. The lowest BCUT2D eigenvalue weighted by molar-refractivity contribution is 0.627. The Kier molecular flexibility index (Phi) is 4.00. The van der Waals surface area contributed by atoms with E-state index in [1.165, 1.54) is 32.7 Å². The van der Waals surface area contributed by atoms with Crippen LogP contribution in [-0.4, -0.2) is 0 Å². The Bertz CT molecular complexity index is 797. The first-order chi connectivity index (χ1) is 10.1. The van der Waals surface area contributed by atoms with Crippen molar-refractivity contribution >= 4 is 43.0 Å². The lowest BCUT2D eigenvalue weighted by atomic mass is 10.1. The molecule has 0 spiro atoms. The standard InChI is InChI=1S/C17H15BrFNS/c1-10-13-5-3-4-6-16(13)21-17(10)11(2)20-15-9-12(19)7-8-14(15)18/h3-9,11,20H,1-2H3. The monoisotopic (exact) mass is 363 g/mol. The number of thiophene rings is 1. The molecule has 0 bridgehead atoms. The van der Waals surface area contributed by atoms with Crippen LogP contribution >= 0.6 is 27.3 Å². The van der Waals surface area contributed by atoms with E-state index in [1.54, 1.807) is 17.4 Å². The summed E-state index contributed by atoms with van der Waals surface area (Å²) in [6, 6.07) is 13.2. The summed E-state index contributed by atoms with van der Waals surface area (Å²) in [4.78, 5) is 1.28. The van der Waals surface area contributed by atoms with E-state index in [9.17, 15) is 4.39 Å². The smallest absolute Gasteiger partial charge is 0.125 e. The molecule has 0 saturated carbocycles. The maximum absolute atomic E-state index is 13.4. The summed E-state index contributed by atoms with van der Waals surface area (Å²) in [7, 11) is 0. The zero-order valence-corrected chi connectivity index (χ0v) is 14.2. The van der Waals surface area contributed by atoms with Crippen LogP contribution in [0.2, 0.25) is 0 Å². The van der Waals surface area contributed by atoms with Gasteiger partial charge in [-0.1, -0.05) is 18.2 Å². The van der Waals surface area contributed by atoms with Crippen molar-refractivity contribution in [2.24, 2.45) is 0 Å². The van der Waals surface area contributed by atoms with Crippen LogP contribution in [0.3, 0.4) is 0 Å². The molecule has 2 aromatic carbocycles. The Morgan fingerprint density at radius 1 is 1.19 bits per heavy atom. The van der Waals surface area contributed by atoms with E-state index in [2.05, 4.69) is 59.4 Å². The third-order valence-corrected chi connectivity index (χ3v) is 5.72. The van der Waals surface area contributed by atoms with Gasteiger partial charge in [-0.25, -0.2) is 4.39 Å². The highest BCUT2D eigenvalue weighted by Crippen LogP contribution is 2.36. The van der Waals surface area contributed by atoms with Crippen molar-refractivity contribution in [2.75, 3.05) is 5.32 Å².